The quantitative estimate of drug-likeness (QED) is 0.260. The summed E-state index contributed by atoms with van der Waals surface area (Å²) >= 11 is 5.97. The molecule has 2 amide bonds. The number of carbonyl (C=O) groups excluding carboxylic acids is 2. The van der Waals surface area contributed by atoms with E-state index in [1.165, 1.54) is 10.6 Å². The predicted molar refractivity (Wildman–Crippen MR) is 167 cm³/mol. The van der Waals surface area contributed by atoms with E-state index in [1.54, 1.807) is 58.5 Å². The van der Waals surface area contributed by atoms with Crippen molar-refractivity contribution in [3.8, 4) is 11.3 Å². The summed E-state index contributed by atoms with van der Waals surface area (Å²) in [6.45, 7) is 3.61. The fourth-order valence-electron chi connectivity index (χ4n) is 5.32. The van der Waals surface area contributed by atoms with Crippen LogP contribution in [0, 0.1) is 5.92 Å². The summed E-state index contributed by atoms with van der Waals surface area (Å²) in [7, 11) is 0. The SMILES string of the molecule is CC1CN(C(=O)Cn2c(=O)c(C(=O)NCc3ccc(Cl)cc3)cc3cc(-c4cn(CC(O)c5ccccc5)cn4)cnc32)C1. The first-order valence-electron chi connectivity index (χ1n) is 14.3. The van der Waals surface area contributed by atoms with Gasteiger partial charge in [-0.3, -0.25) is 19.0 Å². The maximum Gasteiger partial charge on any atom is 0.265 e. The molecule has 10 nitrogen and oxygen atoms in total. The molecule has 0 spiro atoms. The fourth-order valence-corrected chi connectivity index (χ4v) is 5.45. The van der Waals surface area contributed by atoms with Crippen molar-refractivity contribution in [2.75, 3.05) is 13.1 Å². The molecule has 5 aromatic rings. The number of aromatic nitrogens is 4. The number of carbonyl (C=O) groups is 2. The molecule has 1 aliphatic heterocycles. The van der Waals surface area contributed by atoms with E-state index >= 15 is 0 Å². The topological polar surface area (TPSA) is 122 Å². The van der Waals surface area contributed by atoms with E-state index in [0.29, 0.717) is 52.9 Å². The van der Waals surface area contributed by atoms with Gasteiger partial charge >= 0.3 is 0 Å². The maximum absolute atomic E-state index is 13.6. The van der Waals surface area contributed by atoms with Crippen LogP contribution in [0.15, 0.2) is 90.2 Å². The van der Waals surface area contributed by atoms with Crippen LogP contribution in [0.5, 0.6) is 0 Å². The molecule has 0 radical (unpaired) electrons. The molecule has 3 aromatic heterocycles. The van der Waals surface area contributed by atoms with E-state index in [0.717, 1.165) is 11.1 Å². The number of imidazole rings is 1. The lowest BCUT2D eigenvalue weighted by molar-refractivity contribution is -0.137. The van der Waals surface area contributed by atoms with E-state index in [2.05, 4.69) is 22.2 Å². The Balaban J connectivity index is 1.31. The van der Waals surface area contributed by atoms with Gasteiger partial charge in [0.2, 0.25) is 5.91 Å². The van der Waals surface area contributed by atoms with Crippen molar-refractivity contribution in [1.29, 1.82) is 0 Å². The molecular weight excluding hydrogens is 580 g/mol. The third-order valence-corrected chi connectivity index (χ3v) is 8.00. The normalized spacial score (nSPS) is 13.9. The van der Waals surface area contributed by atoms with Crippen LogP contribution in [0.25, 0.3) is 22.3 Å². The molecule has 224 valence electrons. The summed E-state index contributed by atoms with van der Waals surface area (Å²) in [6.07, 6.45) is 4.33. The molecule has 1 fully saturated rings. The largest absolute Gasteiger partial charge is 0.387 e. The summed E-state index contributed by atoms with van der Waals surface area (Å²) in [4.78, 5) is 50.7. The molecular formula is C33H31ClN6O4. The summed E-state index contributed by atoms with van der Waals surface area (Å²) < 4.78 is 3.07. The van der Waals surface area contributed by atoms with Gasteiger partial charge in [-0.2, -0.15) is 0 Å². The number of amides is 2. The van der Waals surface area contributed by atoms with E-state index in [-0.39, 0.29) is 24.6 Å². The third-order valence-electron chi connectivity index (χ3n) is 7.74. The van der Waals surface area contributed by atoms with Gasteiger partial charge in [0, 0.05) is 48.0 Å². The van der Waals surface area contributed by atoms with Crippen LogP contribution >= 0.6 is 11.6 Å². The number of rotatable bonds is 9. The monoisotopic (exact) mass is 610 g/mol. The predicted octanol–water partition coefficient (Wildman–Crippen LogP) is 4.06. The molecule has 2 aromatic carbocycles. The van der Waals surface area contributed by atoms with Gasteiger partial charge in [0.15, 0.2) is 0 Å². The van der Waals surface area contributed by atoms with Crippen molar-refractivity contribution in [1.82, 2.24) is 29.3 Å². The number of aliphatic hydroxyl groups is 1. The van der Waals surface area contributed by atoms with Gasteiger partial charge in [-0.15, -0.1) is 0 Å². The zero-order valence-electron chi connectivity index (χ0n) is 24.1. The number of fused-ring (bicyclic) bond motifs is 1. The van der Waals surface area contributed by atoms with Crippen LogP contribution < -0.4 is 10.9 Å². The van der Waals surface area contributed by atoms with Crippen molar-refractivity contribution in [3.63, 3.8) is 0 Å². The second-order valence-electron chi connectivity index (χ2n) is 11.2. The number of nitrogens with one attached hydrogen (secondary N) is 1. The number of nitrogens with zero attached hydrogens (tertiary/aromatic N) is 5. The first-order valence-corrected chi connectivity index (χ1v) is 14.7. The Hall–Kier alpha value is -4.80. The second-order valence-corrected chi connectivity index (χ2v) is 11.6. The number of benzene rings is 2. The fraction of sp³-hybridized carbons (Fsp3) is 0.242. The number of hydrogen-bond acceptors (Lipinski definition) is 6. The lowest BCUT2D eigenvalue weighted by Gasteiger charge is -2.37. The summed E-state index contributed by atoms with van der Waals surface area (Å²) in [5.74, 6) is -0.353. The number of aliphatic hydroxyl groups excluding tert-OH is 1. The van der Waals surface area contributed by atoms with Gasteiger partial charge < -0.3 is 19.9 Å². The summed E-state index contributed by atoms with van der Waals surface area (Å²) in [5.41, 5.74) is 2.51. The molecule has 1 atom stereocenters. The highest BCUT2D eigenvalue weighted by atomic mass is 35.5. The van der Waals surface area contributed by atoms with Crippen molar-refractivity contribution in [2.45, 2.75) is 32.7 Å². The molecule has 44 heavy (non-hydrogen) atoms. The third kappa shape index (κ3) is 6.27. The molecule has 0 saturated carbocycles. The first-order chi connectivity index (χ1) is 21.2. The minimum Gasteiger partial charge on any atom is -0.387 e. The van der Waals surface area contributed by atoms with Crippen LogP contribution in [0.2, 0.25) is 5.02 Å². The standard InChI is InChI=1S/C33H31ClN6O4/c1-21-15-39(16-21)30(42)19-40-31-24(12-27(33(40)44)32(43)36-13-22-7-9-26(34)10-8-22)11-25(14-35-31)28-17-38(20-37-28)18-29(41)23-5-3-2-4-6-23/h2-12,14,17,20-21,29,41H,13,15-16,18-19H2,1H3,(H,36,43). The van der Waals surface area contributed by atoms with Gasteiger partial charge in [0.25, 0.3) is 11.5 Å². The highest BCUT2D eigenvalue weighted by molar-refractivity contribution is 6.30. The number of hydrogen-bond donors (Lipinski definition) is 2. The molecule has 1 unspecified atom stereocenters. The second kappa shape index (κ2) is 12.4. The Morgan fingerprint density at radius 3 is 2.55 bits per heavy atom. The van der Waals surface area contributed by atoms with Crippen LogP contribution in [-0.4, -0.2) is 54.0 Å². The van der Waals surface area contributed by atoms with Crippen molar-refractivity contribution in [3.05, 3.63) is 118 Å². The Morgan fingerprint density at radius 1 is 1.07 bits per heavy atom. The van der Waals surface area contributed by atoms with Crippen molar-refractivity contribution >= 4 is 34.4 Å². The van der Waals surface area contributed by atoms with Gasteiger partial charge in [-0.25, -0.2) is 9.97 Å². The Kier molecular flexibility index (Phi) is 8.28. The van der Waals surface area contributed by atoms with Gasteiger partial charge in [-0.05, 0) is 41.3 Å². The van der Waals surface area contributed by atoms with E-state index in [1.807, 2.05) is 30.3 Å². The lowest BCUT2D eigenvalue weighted by atomic mass is 10.0. The van der Waals surface area contributed by atoms with E-state index in [4.69, 9.17) is 11.6 Å². The van der Waals surface area contributed by atoms with E-state index in [9.17, 15) is 19.5 Å². The van der Waals surface area contributed by atoms with Gasteiger partial charge in [-0.1, -0.05) is 61.0 Å². The number of halogens is 1. The first kappa shape index (κ1) is 29.3. The molecule has 11 heteroatoms. The van der Waals surface area contributed by atoms with E-state index < -0.39 is 17.6 Å². The molecule has 6 rings (SSSR count). The number of pyridine rings is 2. The average molecular weight is 611 g/mol. The Bertz CT molecular complexity index is 1880. The molecule has 1 saturated heterocycles. The molecule has 0 aliphatic carbocycles. The van der Waals surface area contributed by atoms with Crippen molar-refractivity contribution in [2.24, 2.45) is 5.92 Å². The maximum atomic E-state index is 13.6. The molecule has 4 heterocycles. The lowest BCUT2D eigenvalue weighted by Crippen LogP contribution is -2.50. The molecule has 1 aliphatic rings. The minimum absolute atomic E-state index is 0.0910. The Labute approximate surface area is 258 Å². The smallest absolute Gasteiger partial charge is 0.265 e. The Morgan fingerprint density at radius 2 is 1.82 bits per heavy atom. The average Bonchev–Trinajstić information content (AvgIpc) is 3.48. The van der Waals surface area contributed by atoms with Crippen LogP contribution in [0.4, 0.5) is 0 Å². The van der Waals surface area contributed by atoms with Gasteiger partial charge in [0.05, 0.1) is 24.7 Å². The van der Waals surface area contributed by atoms with Crippen LogP contribution in [0.3, 0.4) is 0 Å². The highest BCUT2D eigenvalue weighted by Crippen LogP contribution is 2.24. The number of likely N-dealkylation sites (tertiary alicyclic amines) is 1. The van der Waals surface area contributed by atoms with Gasteiger partial charge in [0.1, 0.15) is 17.8 Å². The zero-order valence-corrected chi connectivity index (χ0v) is 24.8. The van der Waals surface area contributed by atoms with Crippen LogP contribution in [0.1, 0.15) is 34.5 Å². The summed E-state index contributed by atoms with van der Waals surface area (Å²) in [6, 6.07) is 19.7. The molecule has 0 bridgehead atoms. The minimum atomic E-state index is -0.705. The highest BCUT2D eigenvalue weighted by Gasteiger charge is 2.28. The summed E-state index contributed by atoms with van der Waals surface area (Å²) in [5, 5.41) is 14.5. The van der Waals surface area contributed by atoms with Crippen LogP contribution in [-0.2, 0) is 24.4 Å². The van der Waals surface area contributed by atoms with Crippen molar-refractivity contribution < 1.29 is 14.7 Å². The zero-order chi connectivity index (χ0) is 30.8. The molecule has 2 N–H and O–H groups in total.